The largest absolute Gasteiger partial charge is 0.497 e. The quantitative estimate of drug-likeness (QED) is 0.584. The molecule has 0 saturated carbocycles. The summed E-state index contributed by atoms with van der Waals surface area (Å²) in [5.74, 6) is 1.28. The number of nitrogens with zero attached hydrogens (tertiary/aromatic N) is 3. The third-order valence-electron chi connectivity index (χ3n) is 4.22. The monoisotopic (exact) mass is 369 g/mol. The Bertz CT molecular complexity index is 938. The van der Waals surface area contributed by atoms with Crippen molar-refractivity contribution in [3.8, 4) is 11.5 Å². The van der Waals surface area contributed by atoms with Crippen LogP contribution in [0.1, 0.15) is 22.3 Å². The maximum Gasteiger partial charge on any atom is 0.252 e. The van der Waals surface area contributed by atoms with Gasteiger partial charge in [0.2, 0.25) is 0 Å². The molecule has 0 unspecified atom stereocenters. The molecule has 0 saturated heterocycles. The van der Waals surface area contributed by atoms with Crippen molar-refractivity contribution in [2.24, 2.45) is 5.73 Å². The second-order valence-corrected chi connectivity index (χ2v) is 6.01. The number of aromatic nitrogens is 3. The number of hydrogen-bond acceptors (Lipinski definition) is 6. The molecule has 0 radical (unpaired) electrons. The summed E-state index contributed by atoms with van der Waals surface area (Å²) in [4.78, 5) is 16.6. The molecule has 142 valence electrons. The molecule has 0 aliphatic rings. The van der Waals surface area contributed by atoms with Gasteiger partial charge in [0.25, 0.3) is 5.91 Å². The topological polar surface area (TPSA) is 104 Å². The Hall–Kier alpha value is -3.13. The zero-order chi connectivity index (χ0) is 19.2. The molecule has 27 heavy (non-hydrogen) atoms. The number of pyridine rings is 1. The minimum absolute atomic E-state index is 0.164. The molecule has 0 atom stereocenters. The highest BCUT2D eigenvalue weighted by atomic mass is 16.5. The SMILES string of the molecule is COc1ccc(Cn2ncc3cc(C(=O)NCCCN)cnc32)c(OC)c1. The van der Waals surface area contributed by atoms with Crippen molar-refractivity contribution in [3.05, 3.63) is 47.8 Å². The highest BCUT2D eigenvalue weighted by Crippen LogP contribution is 2.26. The molecule has 3 rings (SSSR count). The number of carbonyl (C=O) groups is 1. The van der Waals surface area contributed by atoms with Crippen molar-refractivity contribution in [1.29, 1.82) is 0 Å². The van der Waals surface area contributed by atoms with Crippen LogP contribution in [0.4, 0.5) is 0 Å². The van der Waals surface area contributed by atoms with Crippen LogP contribution < -0.4 is 20.5 Å². The van der Waals surface area contributed by atoms with Gasteiger partial charge in [-0.15, -0.1) is 0 Å². The number of rotatable bonds is 8. The first-order valence-corrected chi connectivity index (χ1v) is 8.67. The molecule has 0 aliphatic carbocycles. The highest BCUT2D eigenvalue weighted by molar-refractivity contribution is 5.96. The lowest BCUT2D eigenvalue weighted by atomic mass is 10.2. The van der Waals surface area contributed by atoms with Gasteiger partial charge in [-0.1, -0.05) is 0 Å². The van der Waals surface area contributed by atoms with Gasteiger partial charge in [0.15, 0.2) is 5.65 Å². The zero-order valence-electron chi connectivity index (χ0n) is 15.4. The van der Waals surface area contributed by atoms with Gasteiger partial charge in [0.1, 0.15) is 11.5 Å². The lowest BCUT2D eigenvalue weighted by molar-refractivity contribution is 0.0953. The van der Waals surface area contributed by atoms with E-state index in [4.69, 9.17) is 15.2 Å². The van der Waals surface area contributed by atoms with Crippen LogP contribution in [0.25, 0.3) is 11.0 Å². The number of nitrogens with one attached hydrogen (secondary N) is 1. The van der Waals surface area contributed by atoms with E-state index in [1.807, 2.05) is 18.2 Å². The van der Waals surface area contributed by atoms with Gasteiger partial charge in [-0.05, 0) is 31.2 Å². The average molecular weight is 369 g/mol. The van der Waals surface area contributed by atoms with Gasteiger partial charge in [-0.25, -0.2) is 9.67 Å². The molecule has 8 heteroatoms. The fraction of sp³-hybridized carbons (Fsp3) is 0.316. The molecule has 0 aliphatic heterocycles. The number of ether oxygens (including phenoxy) is 2. The van der Waals surface area contributed by atoms with Crippen molar-refractivity contribution < 1.29 is 14.3 Å². The molecule has 1 amide bonds. The molecule has 3 aromatic rings. The first-order chi connectivity index (χ1) is 13.2. The molecule has 2 heterocycles. The van der Waals surface area contributed by atoms with Crippen LogP contribution in [-0.4, -0.2) is 48.0 Å². The van der Waals surface area contributed by atoms with Crippen LogP contribution in [-0.2, 0) is 6.54 Å². The van der Waals surface area contributed by atoms with Crippen molar-refractivity contribution >= 4 is 16.9 Å². The summed E-state index contributed by atoms with van der Waals surface area (Å²) in [6.07, 6.45) is 4.00. The van der Waals surface area contributed by atoms with Crippen LogP contribution in [0.2, 0.25) is 0 Å². The zero-order valence-corrected chi connectivity index (χ0v) is 15.4. The average Bonchev–Trinajstić information content (AvgIpc) is 3.10. The molecular formula is C19H23N5O3. The summed E-state index contributed by atoms with van der Waals surface area (Å²) in [6.45, 7) is 1.58. The lowest BCUT2D eigenvalue weighted by Gasteiger charge is -2.11. The summed E-state index contributed by atoms with van der Waals surface area (Å²) < 4.78 is 12.4. The Morgan fingerprint density at radius 3 is 2.81 bits per heavy atom. The van der Waals surface area contributed by atoms with E-state index in [-0.39, 0.29) is 5.91 Å². The molecule has 3 N–H and O–H groups in total. The predicted molar refractivity (Wildman–Crippen MR) is 102 cm³/mol. The number of fused-ring (bicyclic) bond motifs is 1. The number of benzene rings is 1. The van der Waals surface area contributed by atoms with E-state index in [9.17, 15) is 4.79 Å². The van der Waals surface area contributed by atoms with Crippen molar-refractivity contribution in [1.82, 2.24) is 20.1 Å². The van der Waals surface area contributed by atoms with Gasteiger partial charge < -0.3 is 20.5 Å². The Labute approximate surface area is 157 Å². The molecule has 1 aromatic carbocycles. The first kappa shape index (κ1) is 18.7. The van der Waals surface area contributed by atoms with Crippen LogP contribution in [0, 0.1) is 0 Å². The fourth-order valence-corrected chi connectivity index (χ4v) is 2.76. The Balaban J connectivity index is 1.82. The molecule has 0 fully saturated rings. The lowest BCUT2D eigenvalue weighted by Crippen LogP contribution is -2.26. The van der Waals surface area contributed by atoms with Crippen LogP contribution >= 0.6 is 0 Å². The summed E-state index contributed by atoms with van der Waals surface area (Å²) in [7, 11) is 3.23. The predicted octanol–water partition coefficient (Wildman–Crippen LogP) is 1.58. The second kappa shape index (κ2) is 8.50. The van der Waals surface area contributed by atoms with E-state index in [1.54, 1.807) is 37.4 Å². The van der Waals surface area contributed by atoms with Crippen LogP contribution in [0.3, 0.4) is 0 Å². The molecular weight excluding hydrogens is 346 g/mol. The van der Waals surface area contributed by atoms with Gasteiger partial charge in [0.05, 0.1) is 32.5 Å². The summed E-state index contributed by atoms with van der Waals surface area (Å²) >= 11 is 0. The number of carbonyl (C=O) groups excluding carboxylic acids is 1. The second-order valence-electron chi connectivity index (χ2n) is 6.01. The van der Waals surface area contributed by atoms with Gasteiger partial charge in [-0.2, -0.15) is 5.10 Å². The minimum atomic E-state index is -0.164. The van der Waals surface area contributed by atoms with Crippen molar-refractivity contribution in [3.63, 3.8) is 0 Å². The number of methoxy groups -OCH3 is 2. The molecule has 0 spiro atoms. The smallest absolute Gasteiger partial charge is 0.252 e. The van der Waals surface area contributed by atoms with E-state index in [0.29, 0.717) is 36.6 Å². The maximum absolute atomic E-state index is 12.2. The maximum atomic E-state index is 12.2. The van der Waals surface area contributed by atoms with Crippen LogP contribution in [0.5, 0.6) is 11.5 Å². The Morgan fingerprint density at radius 2 is 2.07 bits per heavy atom. The fourth-order valence-electron chi connectivity index (χ4n) is 2.76. The normalized spacial score (nSPS) is 10.8. The van der Waals surface area contributed by atoms with E-state index >= 15 is 0 Å². The Morgan fingerprint density at radius 1 is 1.22 bits per heavy atom. The number of nitrogens with two attached hydrogens (primary N) is 1. The summed E-state index contributed by atoms with van der Waals surface area (Å²) in [5.41, 5.74) is 7.59. The Kier molecular flexibility index (Phi) is 5.87. The van der Waals surface area contributed by atoms with Gasteiger partial charge in [-0.3, -0.25) is 4.79 Å². The van der Waals surface area contributed by atoms with Crippen molar-refractivity contribution in [2.45, 2.75) is 13.0 Å². The van der Waals surface area contributed by atoms with Crippen molar-refractivity contribution in [2.75, 3.05) is 27.3 Å². The molecule has 2 aromatic heterocycles. The minimum Gasteiger partial charge on any atom is -0.497 e. The number of hydrogen-bond donors (Lipinski definition) is 2. The van der Waals surface area contributed by atoms with E-state index < -0.39 is 0 Å². The highest BCUT2D eigenvalue weighted by Gasteiger charge is 2.12. The van der Waals surface area contributed by atoms with E-state index in [0.717, 1.165) is 23.1 Å². The summed E-state index contributed by atoms with van der Waals surface area (Å²) in [6, 6.07) is 7.43. The number of amides is 1. The molecule has 8 nitrogen and oxygen atoms in total. The summed E-state index contributed by atoms with van der Waals surface area (Å²) in [5, 5.41) is 8.03. The third kappa shape index (κ3) is 4.17. The third-order valence-corrected chi connectivity index (χ3v) is 4.22. The van der Waals surface area contributed by atoms with Crippen LogP contribution in [0.15, 0.2) is 36.7 Å². The first-order valence-electron chi connectivity index (χ1n) is 8.67. The van der Waals surface area contributed by atoms with Gasteiger partial charge in [0, 0.05) is 29.8 Å². The van der Waals surface area contributed by atoms with E-state index in [1.165, 1.54) is 0 Å². The molecule has 0 bridgehead atoms. The standard InChI is InChI=1S/C19H23N5O3/c1-26-16-5-4-13(17(9-16)27-2)12-24-18-14(11-23-24)8-15(10-22-18)19(25)21-7-3-6-20/h4-5,8-11H,3,6-7,12,20H2,1-2H3,(H,21,25). The van der Waals surface area contributed by atoms with Gasteiger partial charge >= 0.3 is 0 Å². The van der Waals surface area contributed by atoms with E-state index in [2.05, 4.69) is 15.4 Å².